The summed E-state index contributed by atoms with van der Waals surface area (Å²) in [4.78, 5) is 4.15. The van der Waals surface area contributed by atoms with Crippen LogP contribution in [0.2, 0.25) is 0 Å². The second kappa shape index (κ2) is 5.19. The van der Waals surface area contributed by atoms with Crippen LogP contribution in [0.5, 0.6) is 0 Å². The third-order valence-electron chi connectivity index (χ3n) is 3.03. The van der Waals surface area contributed by atoms with E-state index in [2.05, 4.69) is 21.0 Å². The van der Waals surface area contributed by atoms with Gasteiger partial charge >= 0.3 is 0 Å². The molecule has 0 amide bonds. The van der Waals surface area contributed by atoms with Crippen molar-refractivity contribution in [1.29, 1.82) is 0 Å². The number of aromatic nitrogens is 3. The van der Waals surface area contributed by atoms with E-state index in [1.807, 2.05) is 37.9 Å². The average Bonchev–Trinajstić information content (AvgIpc) is 2.97. The van der Waals surface area contributed by atoms with E-state index < -0.39 is 0 Å². The summed E-state index contributed by atoms with van der Waals surface area (Å²) in [5.74, 6) is 0. The van der Waals surface area contributed by atoms with Crippen LogP contribution in [0, 0.1) is 0 Å². The highest BCUT2D eigenvalue weighted by atomic mass is 16.3. The van der Waals surface area contributed by atoms with Crippen LogP contribution in [0.3, 0.4) is 0 Å². The number of rotatable bonds is 5. The predicted molar refractivity (Wildman–Crippen MR) is 66.7 cm³/mol. The van der Waals surface area contributed by atoms with E-state index in [1.165, 1.54) is 5.69 Å². The van der Waals surface area contributed by atoms with Gasteiger partial charge in [0.2, 0.25) is 0 Å². The molecule has 0 spiro atoms. The molecule has 0 radical (unpaired) electrons. The molecule has 0 saturated heterocycles. The van der Waals surface area contributed by atoms with Crippen molar-refractivity contribution in [2.24, 2.45) is 0 Å². The van der Waals surface area contributed by atoms with Crippen LogP contribution < -0.4 is 0 Å². The maximum Gasteiger partial charge on any atom is 0.0948 e. The van der Waals surface area contributed by atoms with Gasteiger partial charge in [0.15, 0.2) is 0 Å². The zero-order valence-corrected chi connectivity index (χ0v) is 10.4. The minimum Gasteiger partial charge on any atom is -0.388 e. The van der Waals surface area contributed by atoms with Gasteiger partial charge < -0.3 is 14.2 Å². The van der Waals surface area contributed by atoms with Crippen molar-refractivity contribution in [2.75, 3.05) is 0 Å². The van der Waals surface area contributed by atoms with Gasteiger partial charge in [-0.25, -0.2) is 4.98 Å². The molecule has 1 unspecified atom stereocenters. The molecule has 0 bridgehead atoms. The summed E-state index contributed by atoms with van der Waals surface area (Å²) in [6.45, 7) is 5.81. The summed E-state index contributed by atoms with van der Waals surface area (Å²) in [5.41, 5.74) is 2.16. The van der Waals surface area contributed by atoms with E-state index in [0.717, 1.165) is 25.1 Å². The summed E-state index contributed by atoms with van der Waals surface area (Å²) in [6.07, 6.45) is 8.13. The lowest BCUT2D eigenvalue weighted by Crippen LogP contribution is -2.04. The zero-order valence-electron chi connectivity index (χ0n) is 10.4. The predicted octanol–water partition coefficient (Wildman–Crippen LogP) is 2.20. The zero-order chi connectivity index (χ0) is 12.3. The molecule has 17 heavy (non-hydrogen) atoms. The van der Waals surface area contributed by atoms with Gasteiger partial charge in [-0.3, -0.25) is 0 Å². The Morgan fingerprint density at radius 3 is 2.94 bits per heavy atom. The first kappa shape index (κ1) is 11.9. The average molecular weight is 233 g/mol. The largest absolute Gasteiger partial charge is 0.388 e. The van der Waals surface area contributed by atoms with Crippen LogP contribution in [0.1, 0.15) is 37.6 Å². The van der Waals surface area contributed by atoms with Crippen LogP contribution in [0.25, 0.3) is 0 Å². The van der Waals surface area contributed by atoms with Crippen molar-refractivity contribution >= 4 is 0 Å². The van der Waals surface area contributed by atoms with E-state index in [4.69, 9.17) is 0 Å². The van der Waals surface area contributed by atoms with Crippen molar-refractivity contribution in [1.82, 2.24) is 14.1 Å². The van der Waals surface area contributed by atoms with Crippen LogP contribution in [-0.2, 0) is 13.1 Å². The Bertz CT molecular complexity index is 472. The number of nitrogens with zero attached hydrogens (tertiary/aromatic N) is 3. The number of aliphatic hydroxyl groups is 1. The highest BCUT2D eigenvalue weighted by molar-refractivity contribution is 5.14. The topological polar surface area (TPSA) is 43.0 Å². The van der Waals surface area contributed by atoms with Gasteiger partial charge in [0.05, 0.1) is 24.7 Å². The van der Waals surface area contributed by atoms with Crippen LogP contribution in [0.15, 0.2) is 31.0 Å². The number of aliphatic hydroxyl groups excluding tert-OH is 1. The lowest BCUT2D eigenvalue weighted by Gasteiger charge is -2.07. The lowest BCUT2D eigenvalue weighted by molar-refractivity contribution is 0.173. The van der Waals surface area contributed by atoms with Gasteiger partial charge in [0, 0.05) is 25.1 Å². The van der Waals surface area contributed by atoms with Crippen molar-refractivity contribution in [2.45, 2.75) is 39.5 Å². The van der Waals surface area contributed by atoms with E-state index in [9.17, 15) is 5.11 Å². The normalized spacial score (nSPS) is 12.9. The maximum absolute atomic E-state index is 9.74. The van der Waals surface area contributed by atoms with Crippen molar-refractivity contribution in [3.8, 4) is 0 Å². The minimum atomic E-state index is -0.354. The van der Waals surface area contributed by atoms with Gasteiger partial charge in [-0.1, -0.05) is 6.92 Å². The van der Waals surface area contributed by atoms with Crippen molar-refractivity contribution in [3.63, 3.8) is 0 Å². The molecule has 0 aliphatic carbocycles. The fourth-order valence-electron chi connectivity index (χ4n) is 1.94. The summed E-state index contributed by atoms with van der Waals surface area (Å²) in [7, 11) is 0. The highest BCUT2D eigenvalue weighted by Gasteiger charge is 2.07. The van der Waals surface area contributed by atoms with E-state index >= 15 is 0 Å². The number of aryl methyl sites for hydroxylation is 1. The van der Waals surface area contributed by atoms with Crippen LogP contribution in [0.4, 0.5) is 0 Å². The number of imidazole rings is 1. The molecule has 2 heterocycles. The van der Waals surface area contributed by atoms with E-state index in [-0.39, 0.29) is 6.10 Å². The molecule has 1 N–H and O–H groups in total. The SMILES string of the molecule is CCC(O)c1ccn(Cc2cncn2CC)c1. The Hall–Kier alpha value is -1.55. The molecule has 0 aliphatic heterocycles. The number of hydrogen-bond acceptors (Lipinski definition) is 2. The standard InChI is InChI=1S/C13H19N3O/c1-3-13(17)11-5-6-15(8-11)9-12-7-14-10-16(12)4-2/h5-8,10,13,17H,3-4,9H2,1-2H3. The quantitative estimate of drug-likeness (QED) is 0.860. The first-order valence-electron chi connectivity index (χ1n) is 6.07. The van der Waals surface area contributed by atoms with Crippen LogP contribution in [-0.4, -0.2) is 19.2 Å². The Balaban J connectivity index is 2.11. The minimum absolute atomic E-state index is 0.354. The first-order valence-corrected chi connectivity index (χ1v) is 6.07. The van der Waals surface area contributed by atoms with Gasteiger partial charge in [0.1, 0.15) is 0 Å². The molecule has 0 fully saturated rings. The molecule has 0 aliphatic rings. The molecule has 92 valence electrons. The third-order valence-corrected chi connectivity index (χ3v) is 3.03. The smallest absolute Gasteiger partial charge is 0.0948 e. The fraction of sp³-hybridized carbons (Fsp3) is 0.462. The molecule has 4 nitrogen and oxygen atoms in total. The van der Waals surface area contributed by atoms with Gasteiger partial charge in [-0.15, -0.1) is 0 Å². The Morgan fingerprint density at radius 1 is 1.41 bits per heavy atom. The Kier molecular flexibility index (Phi) is 3.64. The van der Waals surface area contributed by atoms with Crippen molar-refractivity contribution < 1.29 is 5.11 Å². The van der Waals surface area contributed by atoms with E-state index in [1.54, 1.807) is 0 Å². The monoisotopic (exact) mass is 233 g/mol. The molecule has 0 saturated carbocycles. The third kappa shape index (κ3) is 2.58. The highest BCUT2D eigenvalue weighted by Crippen LogP contribution is 2.16. The summed E-state index contributed by atoms with van der Waals surface area (Å²) >= 11 is 0. The van der Waals surface area contributed by atoms with Crippen molar-refractivity contribution in [3.05, 3.63) is 42.2 Å². The molecule has 2 aromatic rings. The first-order chi connectivity index (χ1) is 8.24. The molecule has 2 aromatic heterocycles. The summed E-state index contributed by atoms with van der Waals surface area (Å²) in [6, 6.07) is 1.97. The fourth-order valence-corrected chi connectivity index (χ4v) is 1.94. The summed E-state index contributed by atoms with van der Waals surface area (Å²) in [5, 5.41) is 9.74. The van der Waals surface area contributed by atoms with Crippen LogP contribution >= 0.6 is 0 Å². The Morgan fingerprint density at radius 2 is 2.24 bits per heavy atom. The Labute approximate surface area is 102 Å². The summed E-state index contributed by atoms with van der Waals surface area (Å²) < 4.78 is 4.20. The second-order valence-corrected chi connectivity index (χ2v) is 4.21. The van der Waals surface area contributed by atoms with Gasteiger partial charge in [-0.2, -0.15) is 0 Å². The number of hydrogen-bond donors (Lipinski definition) is 1. The van der Waals surface area contributed by atoms with Gasteiger partial charge in [-0.05, 0) is 25.0 Å². The molecule has 1 atom stereocenters. The second-order valence-electron chi connectivity index (χ2n) is 4.21. The lowest BCUT2D eigenvalue weighted by atomic mass is 10.1. The molecule has 4 heteroatoms. The molecular weight excluding hydrogens is 214 g/mol. The molecular formula is C13H19N3O. The molecule has 0 aromatic carbocycles. The van der Waals surface area contributed by atoms with Gasteiger partial charge in [0.25, 0.3) is 0 Å². The maximum atomic E-state index is 9.74. The molecule has 2 rings (SSSR count). The van der Waals surface area contributed by atoms with E-state index in [0.29, 0.717) is 0 Å².